The van der Waals surface area contributed by atoms with Crippen molar-refractivity contribution >= 4 is 17.3 Å². The second-order valence-corrected chi connectivity index (χ2v) is 6.03. The molecule has 0 aliphatic carbocycles. The van der Waals surface area contributed by atoms with Gasteiger partial charge in [-0.05, 0) is 50.0 Å². The molecule has 2 N–H and O–H groups in total. The van der Waals surface area contributed by atoms with Gasteiger partial charge in [-0.15, -0.1) is 0 Å². The Morgan fingerprint density at radius 2 is 2.16 bits per heavy atom. The van der Waals surface area contributed by atoms with Gasteiger partial charge in [0.05, 0.1) is 0 Å². The van der Waals surface area contributed by atoms with Crippen LogP contribution < -0.4 is 10.6 Å². The number of halogens is 1. The molecule has 0 radical (unpaired) electrons. The van der Waals surface area contributed by atoms with E-state index in [-0.39, 0.29) is 0 Å². The van der Waals surface area contributed by atoms with E-state index >= 15 is 0 Å². The van der Waals surface area contributed by atoms with Gasteiger partial charge in [-0.3, -0.25) is 4.90 Å². The van der Waals surface area contributed by atoms with Gasteiger partial charge in [0.25, 0.3) is 0 Å². The molecule has 19 heavy (non-hydrogen) atoms. The van der Waals surface area contributed by atoms with Crippen molar-refractivity contribution in [1.29, 1.82) is 0 Å². The topological polar surface area (TPSA) is 32.5 Å². The molecule has 0 aromatic heterocycles. The third-order valence-electron chi connectivity index (χ3n) is 4.39. The summed E-state index contributed by atoms with van der Waals surface area (Å²) in [5.74, 6) is 0. The van der Waals surface area contributed by atoms with E-state index < -0.39 is 0 Å². The molecule has 1 atom stereocenters. The summed E-state index contributed by atoms with van der Waals surface area (Å²) in [6, 6.07) is 6.95. The Labute approximate surface area is 120 Å². The fourth-order valence-electron chi connectivity index (χ4n) is 3.41. The number of anilines is 1. The molecule has 1 aromatic carbocycles. The molecule has 1 aromatic rings. The highest BCUT2D eigenvalue weighted by Crippen LogP contribution is 2.30. The lowest BCUT2D eigenvalue weighted by atomic mass is 10.1. The molecule has 2 saturated heterocycles. The minimum atomic E-state index is 0.692. The summed E-state index contributed by atoms with van der Waals surface area (Å²) in [6.07, 6.45) is 3.62. The summed E-state index contributed by atoms with van der Waals surface area (Å²) >= 11 is 6.18. The fraction of sp³-hybridized carbons (Fsp3) is 0.600. The van der Waals surface area contributed by atoms with Crippen LogP contribution in [0.1, 0.15) is 18.4 Å². The van der Waals surface area contributed by atoms with Crippen LogP contribution in [-0.4, -0.2) is 43.7 Å². The summed E-state index contributed by atoms with van der Waals surface area (Å²) in [4.78, 5) is 5.13. The number of rotatable bonds is 3. The Balaban J connectivity index is 1.82. The van der Waals surface area contributed by atoms with Crippen LogP contribution in [0.15, 0.2) is 18.2 Å². The smallest absolute Gasteiger partial charge is 0.0426 e. The van der Waals surface area contributed by atoms with E-state index in [4.69, 9.17) is 17.3 Å². The van der Waals surface area contributed by atoms with Crippen molar-refractivity contribution in [2.24, 2.45) is 5.73 Å². The summed E-state index contributed by atoms with van der Waals surface area (Å²) < 4.78 is 0. The van der Waals surface area contributed by atoms with Crippen LogP contribution in [0, 0.1) is 0 Å². The highest BCUT2D eigenvalue weighted by molar-refractivity contribution is 6.30. The van der Waals surface area contributed by atoms with Gasteiger partial charge >= 0.3 is 0 Å². The summed E-state index contributed by atoms with van der Waals surface area (Å²) in [5.41, 5.74) is 8.35. The van der Waals surface area contributed by atoms with Gasteiger partial charge in [0.1, 0.15) is 0 Å². The molecule has 0 amide bonds. The first-order valence-electron chi connectivity index (χ1n) is 7.25. The van der Waals surface area contributed by atoms with E-state index in [2.05, 4.69) is 21.9 Å². The molecular formula is C15H22ClN3. The first-order valence-corrected chi connectivity index (χ1v) is 7.63. The van der Waals surface area contributed by atoms with Crippen LogP contribution in [0.25, 0.3) is 0 Å². The van der Waals surface area contributed by atoms with Crippen LogP contribution in [0.4, 0.5) is 5.69 Å². The van der Waals surface area contributed by atoms with E-state index in [1.54, 1.807) is 0 Å². The molecule has 2 heterocycles. The molecule has 1 unspecified atom stereocenters. The van der Waals surface area contributed by atoms with E-state index in [1.807, 2.05) is 6.07 Å². The molecule has 0 saturated carbocycles. The normalized spacial score (nSPS) is 23.7. The first-order chi connectivity index (χ1) is 9.28. The van der Waals surface area contributed by atoms with Crippen molar-refractivity contribution in [3.63, 3.8) is 0 Å². The quantitative estimate of drug-likeness (QED) is 0.920. The minimum Gasteiger partial charge on any atom is -0.368 e. The van der Waals surface area contributed by atoms with Crippen molar-refractivity contribution in [3.8, 4) is 0 Å². The van der Waals surface area contributed by atoms with Gasteiger partial charge in [0.2, 0.25) is 0 Å². The number of nitrogens with two attached hydrogens (primary N) is 1. The van der Waals surface area contributed by atoms with Gasteiger partial charge in [-0.25, -0.2) is 0 Å². The van der Waals surface area contributed by atoms with E-state index in [1.165, 1.54) is 37.2 Å². The van der Waals surface area contributed by atoms with Crippen molar-refractivity contribution in [3.05, 3.63) is 28.8 Å². The average molecular weight is 280 g/mol. The second kappa shape index (κ2) is 5.70. The Kier molecular flexibility index (Phi) is 3.96. The zero-order chi connectivity index (χ0) is 13.2. The Hall–Kier alpha value is -0.770. The SMILES string of the molecule is NCCc1ccc(Cl)cc1N1CCN2CCCC2C1. The lowest BCUT2D eigenvalue weighted by Crippen LogP contribution is -2.50. The third-order valence-corrected chi connectivity index (χ3v) is 4.62. The highest BCUT2D eigenvalue weighted by atomic mass is 35.5. The fourth-order valence-corrected chi connectivity index (χ4v) is 3.57. The average Bonchev–Trinajstić information content (AvgIpc) is 2.88. The molecule has 2 fully saturated rings. The monoisotopic (exact) mass is 279 g/mol. The predicted octanol–water partition coefficient (Wildman–Crippen LogP) is 2.13. The highest BCUT2D eigenvalue weighted by Gasteiger charge is 2.31. The van der Waals surface area contributed by atoms with Crippen LogP contribution in [-0.2, 0) is 6.42 Å². The third kappa shape index (κ3) is 2.73. The summed E-state index contributed by atoms with van der Waals surface area (Å²) in [5, 5.41) is 0.824. The number of benzene rings is 1. The zero-order valence-electron chi connectivity index (χ0n) is 11.3. The summed E-state index contributed by atoms with van der Waals surface area (Å²) in [6.45, 7) is 5.40. The van der Waals surface area contributed by atoms with Crippen molar-refractivity contribution in [2.45, 2.75) is 25.3 Å². The van der Waals surface area contributed by atoms with Crippen LogP contribution in [0.3, 0.4) is 0 Å². The number of piperazine rings is 1. The molecule has 2 aliphatic rings. The number of hydrogen-bond donors (Lipinski definition) is 1. The molecule has 4 heteroatoms. The standard InChI is InChI=1S/C15H22ClN3/c16-13-4-3-12(5-6-17)15(10-13)19-9-8-18-7-1-2-14(18)11-19/h3-4,10,14H,1-2,5-9,11,17H2. The second-order valence-electron chi connectivity index (χ2n) is 5.59. The molecular weight excluding hydrogens is 258 g/mol. The molecule has 0 spiro atoms. The predicted molar refractivity (Wildman–Crippen MR) is 81.0 cm³/mol. The van der Waals surface area contributed by atoms with Crippen LogP contribution >= 0.6 is 11.6 Å². The Morgan fingerprint density at radius 1 is 1.26 bits per heavy atom. The number of nitrogens with zero attached hydrogens (tertiary/aromatic N) is 2. The van der Waals surface area contributed by atoms with E-state index in [0.717, 1.165) is 30.6 Å². The molecule has 3 nitrogen and oxygen atoms in total. The Morgan fingerprint density at radius 3 is 3.00 bits per heavy atom. The lowest BCUT2D eigenvalue weighted by Gasteiger charge is -2.39. The van der Waals surface area contributed by atoms with E-state index in [0.29, 0.717) is 6.54 Å². The van der Waals surface area contributed by atoms with Gasteiger partial charge in [0.15, 0.2) is 0 Å². The Bertz CT molecular complexity index is 449. The molecule has 0 bridgehead atoms. The van der Waals surface area contributed by atoms with Gasteiger partial charge < -0.3 is 10.6 Å². The van der Waals surface area contributed by atoms with Gasteiger partial charge in [-0.2, -0.15) is 0 Å². The molecule has 3 rings (SSSR count). The van der Waals surface area contributed by atoms with Crippen molar-refractivity contribution in [1.82, 2.24) is 4.90 Å². The first kappa shape index (κ1) is 13.2. The summed E-state index contributed by atoms with van der Waals surface area (Å²) in [7, 11) is 0. The van der Waals surface area contributed by atoms with Crippen molar-refractivity contribution < 1.29 is 0 Å². The minimum absolute atomic E-state index is 0.692. The maximum absolute atomic E-state index is 6.18. The van der Waals surface area contributed by atoms with Crippen molar-refractivity contribution in [2.75, 3.05) is 37.6 Å². The maximum atomic E-state index is 6.18. The van der Waals surface area contributed by atoms with E-state index in [9.17, 15) is 0 Å². The lowest BCUT2D eigenvalue weighted by molar-refractivity contribution is 0.231. The zero-order valence-corrected chi connectivity index (χ0v) is 12.1. The maximum Gasteiger partial charge on any atom is 0.0426 e. The van der Waals surface area contributed by atoms with Crippen LogP contribution in [0.5, 0.6) is 0 Å². The van der Waals surface area contributed by atoms with Gasteiger partial charge in [0, 0.05) is 36.4 Å². The van der Waals surface area contributed by atoms with Crippen LogP contribution in [0.2, 0.25) is 5.02 Å². The van der Waals surface area contributed by atoms with Gasteiger partial charge in [-0.1, -0.05) is 17.7 Å². The number of fused-ring (bicyclic) bond motifs is 1. The molecule has 104 valence electrons. The number of hydrogen-bond acceptors (Lipinski definition) is 3. The largest absolute Gasteiger partial charge is 0.368 e. The molecule has 2 aliphatic heterocycles.